The van der Waals surface area contributed by atoms with Crippen LogP contribution in [0.1, 0.15) is 44.7 Å². The van der Waals surface area contributed by atoms with Crippen molar-refractivity contribution in [3.8, 4) is 11.5 Å². The van der Waals surface area contributed by atoms with Gasteiger partial charge in [0.05, 0.1) is 5.71 Å². The largest absolute Gasteiger partial charge is 0.489 e. The molecule has 0 aliphatic rings. The van der Waals surface area contributed by atoms with Gasteiger partial charge >= 0.3 is 0 Å². The van der Waals surface area contributed by atoms with Crippen molar-refractivity contribution in [1.82, 2.24) is 0 Å². The lowest BCUT2D eigenvalue weighted by Gasteiger charge is -2.20. The van der Waals surface area contributed by atoms with Gasteiger partial charge < -0.3 is 14.7 Å². The Hall–Kier alpha value is -2.17. The van der Waals surface area contributed by atoms with Gasteiger partial charge in [0.15, 0.2) is 0 Å². The Kier molecular flexibility index (Phi) is 8.42. The fraction of sp³-hybridized carbons (Fsp3) is 0.348. The molecular formula is C23H27Cl2NO3. The van der Waals surface area contributed by atoms with Crippen LogP contribution in [0.4, 0.5) is 0 Å². The molecule has 0 saturated heterocycles. The van der Waals surface area contributed by atoms with Crippen molar-refractivity contribution in [3.63, 3.8) is 0 Å². The van der Waals surface area contributed by atoms with Crippen LogP contribution < -0.4 is 9.47 Å². The summed E-state index contributed by atoms with van der Waals surface area (Å²) in [6, 6.07) is 15.9. The molecule has 0 aliphatic heterocycles. The van der Waals surface area contributed by atoms with E-state index in [2.05, 4.69) is 12.1 Å². The van der Waals surface area contributed by atoms with E-state index in [9.17, 15) is 0 Å². The molecule has 0 radical (unpaired) electrons. The first-order valence-electron chi connectivity index (χ1n) is 9.39. The lowest BCUT2D eigenvalue weighted by Crippen LogP contribution is -2.26. The van der Waals surface area contributed by atoms with Crippen molar-refractivity contribution in [2.24, 2.45) is 10.6 Å². The van der Waals surface area contributed by atoms with E-state index in [0.717, 1.165) is 11.5 Å². The summed E-state index contributed by atoms with van der Waals surface area (Å²) in [4.78, 5) is 0. The van der Waals surface area contributed by atoms with Crippen LogP contribution in [0.15, 0.2) is 64.3 Å². The standard InChI is InChI=1S/C23H27Cl2NO3/c1-16(17-5-9-19(10-6-17)28-14-13-22(24)25)18-7-11-20(12-8-18)29-15-21(26-27)23(2,3)4/h5-13,16,27H,14-15H2,1-4H3. The molecule has 4 nitrogen and oxygen atoms in total. The first-order chi connectivity index (χ1) is 13.7. The molecule has 0 saturated carbocycles. The van der Waals surface area contributed by atoms with Crippen LogP contribution in [-0.2, 0) is 0 Å². The van der Waals surface area contributed by atoms with Crippen LogP contribution in [0.3, 0.4) is 0 Å². The quantitative estimate of drug-likeness (QED) is 0.282. The lowest BCUT2D eigenvalue weighted by molar-refractivity contribution is 0.293. The highest BCUT2D eigenvalue weighted by atomic mass is 35.5. The Morgan fingerprint density at radius 3 is 1.86 bits per heavy atom. The third kappa shape index (κ3) is 7.30. The van der Waals surface area contributed by atoms with Gasteiger partial charge in [0.1, 0.15) is 29.2 Å². The van der Waals surface area contributed by atoms with Crippen LogP contribution in [0.25, 0.3) is 0 Å². The number of halogens is 2. The predicted octanol–water partition coefficient (Wildman–Crippen LogP) is 6.79. The molecule has 0 spiro atoms. The Labute approximate surface area is 182 Å². The lowest BCUT2D eigenvalue weighted by atomic mass is 9.90. The van der Waals surface area contributed by atoms with E-state index in [-0.39, 0.29) is 22.4 Å². The second kappa shape index (κ2) is 10.6. The third-order valence-electron chi connectivity index (χ3n) is 4.61. The molecule has 2 aromatic carbocycles. The summed E-state index contributed by atoms with van der Waals surface area (Å²) >= 11 is 11.1. The fourth-order valence-corrected chi connectivity index (χ4v) is 2.77. The summed E-state index contributed by atoms with van der Waals surface area (Å²) in [6.45, 7) is 8.68. The number of hydrogen-bond acceptors (Lipinski definition) is 4. The molecule has 29 heavy (non-hydrogen) atoms. The van der Waals surface area contributed by atoms with Crippen LogP contribution in [0.5, 0.6) is 11.5 Å². The maximum absolute atomic E-state index is 9.16. The predicted molar refractivity (Wildman–Crippen MR) is 120 cm³/mol. The normalized spacial score (nSPS) is 13.0. The van der Waals surface area contributed by atoms with Crippen LogP contribution >= 0.6 is 23.2 Å². The van der Waals surface area contributed by atoms with E-state index in [0.29, 0.717) is 12.3 Å². The second-order valence-electron chi connectivity index (χ2n) is 7.75. The zero-order valence-electron chi connectivity index (χ0n) is 17.2. The second-order valence-corrected chi connectivity index (χ2v) is 8.76. The first kappa shape index (κ1) is 23.1. The number of rotatable bonds is 8. The van der Waals surface area contributed by atoms with Crippen molar-refractivity contribution in [2.45, 2.75) is 33.6 Å². The van der Waals surface area contributed by atoms with E-state index in [4.69, 9.17) is 37.9 Å². The number of nitrogens with zero attached hydrogens (tertiary/aromatic N) is 1. The number of benzene rings is 2. The van der Waals surface area contributed by atoms with Crippen molar-refractivity contribution in [3.05, 3.63) is 70.2 Å². The van der Waals surface area contributed by atoms with Gasteiger partial charge in [0, 0.05) is 11.3 Å². The highest BCUT2D eigenvalue weighted by Crippen LogP contribution is 2.27. The van der Waals surface area contributed by atoms with E-state index in [1.54, 1.807) is 6.08 Å². The molecule has 2 rings (SSSR count). The average Bonchev–Trinajstić information content (AvgIpc) is 2.67. The minimum Gasteiger partial charge on any atom is -0.489 e. The molecule has 0 aromatic heterocycles. The van der Waals surface area contributed by atoms with Gasteiger partial charge in [-0.1, -0.05) is 80.3 Å². The van der Waals surface area contributed by atoms with Gasteiger partial charge in [0.25, 0.3) is 0 Å². The Balaban J connectivity index is 1.97. The Morgan fingerprint density at radius 2 is 1.45 bits per heavy atom. The summed E-state index contributed by atoms with van der Waals surface area (Å²) < 4.78 is 11.5. The number of oxime groups is 1. The first-order valence-corrected chi connectivity index (χ1v) is 10.1. The summed E-state index contributed by atoms with van der Waals surface area (Å²) in [5, 5.41) is 12.5. The molecule has 0 bridgehead atoms. The van der Waals surface area contributed by atoms with Crippen LogP contribution in [0, 0.1) is 5.41 Å². The van der Waals surface area contributed by atoms with Gasteiger partial charge in [-0.25, -0.2) is 0 Å². The van der Waals surface area contributed by atoms with E-state index >= 15 is 0 Å². The number of ether oxygens (including phenoxy) is 2. The van der Waals surface area contributed by atoms with Gasteiger partial charge in [-0.3, -0.25) is 0 Å². The van der Waals surface area contributed by atoms with Crippen LogP contribution in [0.2, 0.25) is 0 Å². The van der Waals surface area contributed by atoms with Gasteiger partial charge in [-0.2, -0.15) is 0 Å². The zero-order chi connectivity index (χ0) is 21.4. The molecule has 1 atom stereocenters. The minimum absolute atomic E-state index is 0.195. The van der Waals surface area contributed by atoms with E-state index < -0.39 is 0 Å². The Morgan fingerprint density at radius 1 is 0.966 bits per heavy atom. The highest BCUT2D eigenvalue weighted by molar-refractivity contribution is 6.55. The zero-order valence-corrected chi connectivity index (χ0v) is 18.7. The van der Waals surface area contributed by atoms with Crippen molar-refractivity contribution in [1.29, 1.82) is 0 Å². The van der Waals surface area contributed by atoms with E-state index in [1.165, 1.54) is 11.1 Å². The molecule has 2 aromatic rings. The molecule has 156 valence electrons. The molecule has 0 aliphatic carbocycles. The van der Waals surface area contributed by atoms with Crippen molar-refractivity contribution < 1.29 is 14.7 Å². The molecule has 1 N–H and O–H groups in total. The molecular weight excluding hydrogens is 409 g/mol. The number of hydrogen-bond donors (Lipinski definition) is 1. The topological polar surface area (TPSA) is 51.0 Å². The maximum Gasteiger partial charge on any atom is 0.130 e. The summed E-state index contributed by atoms with van der Waals surface area (Å²) in [7, 11) is 0. The SMILES string of the molecule is CC(c1ccc(OCC=C(Cl)Cl)cc1)c1ccc(OCC(=NO)C(C)(C)C)cc1. The molecule has 0 amide bonds. The van der Waals surface area contributed by atoms with Crippen LogP contribution in [-0.4, -0.2) is 24.1 Å². The Bertz CT molecular complexity index is 834. The minimum atomic E-state index is -0.244. The summed E-state index contributed by atoms with van der Waals surface area (Å²) in [5.41, 5.74) is 2.71. The maximum atomic E-state index is 9.16. The van der Waals surface area contributed by atoms with Crippen molar-refractivity contribution in [2.75, 3.05) is 13.2 Å². The van der Waals surface area contributed by atoms with Gasteiger partial charge in [-0.15, -0.1) is 0 Å². The summed E-state index contributed by atoms with van der Waals surface area (Å²) in [6.07, 6.45) is 1.60. The summed E-state index contributed by atoms with van der Waals surface area (Å²) in [5.74, 6) is 1.72. The molecule has 1 unspecified atom stereocenters. The molecule has 0 fully saturated rings. The molecule has 0 heterocycles. The van der Waals surface area contributed by atoms with Crippen molar-refractivity contribution >= 4 is 28.9 Å². The highest BCUT2D eigenvalue weighted by Gasteiger charge is 2.20. The average molecular weight is 436 g/mol. The monoisotopic (exact) mass is 435 g/mol. The smallest absolute Gasteiger partial charge is 0.130 e. The molecule has 6 heteroatoms. The van der Waals surface area contributed by atoms with E-state index in [1.807, 2.05) is 69.3 Å². The van der Waals surface area contributed by atoms with Gasteiger partial charge in [-0.05, 0) is 41.5 Å². The third-order valence-corrected chi connectivity index (χ3v) is 4.92. The fourth-order valence-electron chi connectivity index (χ4n) is 2.65. The van der Waals surface area contributed by atoms with Gasteiger partial charge in [0.2, 0.25) is 0 Å².